The number of hydrogen-bond donors (Lipinski definition) is 0. The van der Waals surface area contributed by atoms with Gasteiger partial charge >= 0.3 is 5.97 Å². The van der Waals surface area contributed by atoms with Gasteiger partial charge in [-0.25, -0.2) is 4.79 Å². The van der Waals surface area contributed by atoms with Gasteiger partial charge in [-0.2, -0.15) is 0 Å². The molecule has 0 amide bonds. The maximum Gasteiger partial charge on any atom is 0.338 e. The molecule has 0 aliphatic rings. The third-order valence-corrected chi connectivity index (χ3v) is 2.57. The van der Waals surface area contributed by atoms with Crippen molar-refractivity contribution in [3.05, 3.63) is 23.8 Å². The van der Waals surface area contributed by atoms with Crippen molar-refractivity contribution in [1.82, 2.24) is 0 Å². The number of thioether (sulfide) groups is 1. The van der Waals surface area contributed by atoms with Crippen molar-refractivity contribution in [2.24, 2.45) is 0 Å². The molecule has 0 heterocycles. The molecule has 0 spiro atoms. The van der Waals surface area contributed by atoms with Gasteiger partial charge in [-0.15, -0.1) is 11.8 Å². The van der Waals surface area contributed by atoms with Crippen molar-refractivity contribution >= 4 is 17.7 Å². The zero-order valence-corrected chi connectivity index (χ0v) is 9.89. The summed E-state index contributed by atoms with van der Waals surface area (Å²) in [7, 11) is 1.58. The summed E-state index contributed by atoms with van der Waals surface area (Å²) in [5.41, 5.74) is 0.528. The molecule has 4 heteroatoms. The minimum absolute atomic E-state index is 0.313. The number of rotatable bonds is 4. The van der Waals surface area contributed by atoms with Crippen LogP contribution in [0.1, 0.15) is 17.3 Å². The van der Waals surface area contributed by atoms with Crippen LogP contribution in [-0.2, 0) is 4.74 Å². The number of hydrogen-bond acceptors (Lipinski definition) is 4. The summed E-state index contributed by atoms with van der Waals surface area (Å²) in [6.07, 6.45) is 1.95. The molecule has 0 radical (unpaired) electrons. The molecule has 1 aromatic carbocycles. The van der Waals surface area contributed by atoms with Crippen LogP contribution in [0.3, 0.4) is 0 Å². The first-order valence-corrected chi connectivity index (χ1v) is 5.84. The lowest BCUT2D eigenvalue weighted by atomic mass is 10.2. The molecule has 0 saturated carbocycles. The molecule has 0 fully saturated rings. The maximum atomic E-state index is 11.5. The highest BCUT2D eigenvalue weighted by Gasteiger charge is 2.09. The lowest BCUT2D eigenvalue weighted by molar-refractivity contribution is 0.0525. The van der Waals surface area contributed by atoms with Crippen LogP contribution >= 0.6 is 11.8 Å². The molecular formula is C11H14O3S. The first-order valence-electron chi connectivity index (χ1n) is 4.61. The van der Waals surface area contributed by atoms with Gasteiger partial charge < -0.3 is 9.47 Å². The van der Waals surface area contributed by atoms with Gasteiger partial charge in [0.15, 0.2) is 0 Å². The predicted molar refractivity (Wildman–Crippen MR) is 60.7 cm³/mol. The molecule has 0 atom stereocenters. The number of carbonyl (C=O) groups is 1. The summed E-state index contributed by atoms with van der Waals surface area (Å²) in [5, 5.41) is 0. The number of carbonyl (C=O) groups excluding carboxylic acids is 1. The highest BCUT2D eigenvalue weighted by Crippen LogP contribution is 2.23. The van der Waals surface area contributed by atoms with Gasteiger partial charge in [-0.1, -0.05) is 0 Å². The van der Waals surface area contributed by atoms with Crippen LogP contribution in [0.2, 0.25) is 0 Å². The number of benzene rings is 1. The summed E-state index contributed by atoms with van der Waals surface area (Å²) in [6, 6.07) is 5.36. The molecule has 0 aliphatic heterocycles. The van der Waals surface area contributed by atoms with Crippen molar-refractivity contribution in [1.29, 1.82) is 0 Å². The summed E-state index contributed by atoms with van der Waals surface area (Å²) in [5.74, 6) is 0.358. The molecule has 1 aromatic rings. The van der Waals surface area contributed by atoms with E-state index in [1.807, 2.05) is 12.3 Å². The van der Waals surface area contributed by atoms with Gasteiger partial charge in [0, 0.05) is 4.90 Å². The third kappa shape index (κ3) is 3.16. The van der Waals surface area contributed by atoms with E-state index in [0.717, 1.165) is 4.90 Å². The van der Waals surface area contributed by atoms with E-state index in [1.165, 1.54) is 0 Å². The fourth-order valence-corrected chi connectivity index (χ4v) is 1.62. The molecule has 15 heavy (non-hydrogen) atoms. The maximum absolute atomic E-state index is 11.5. The van der Waals surface area contributed by atoms with Gasteiger partial charge in [0.2, 0.25) is 0 Å². The average molecular weight is 226 g/mol. The van der Waals surface area contributed by atoms with Gasteiger partial charge in [-0.05, 0) is 31.4 Å². The van der Waals surface area contributed by atoms with Crippen molar-refractivity contribution < 1.29 is 14.3 Å². The van der Waals surface area contributed by atoms with E-state index >= 15 is 0 Å². The standard InChI is InChI=1S/C11H14O3S/c1-4-14-11(12)8-5-9(13-2)7-10(6-8)15-3/h5-7H,4H2,1-3H3. The van der Waals surface area contributed by atoms with E-state index in [4.69, 9.17) is 9.47 Å². The van der Waals surface area contributed by atoms with Crippen molar-refractivity contribution in [3.8, 4) is 5.75 Å². The van der Waals surface area contributed by atoms with Gasteiger partial charge in [0.05, 0.1) is 19.3 Å². The van der Waals surface area contributed by atoms with Crippen LogP contribution in [0.4, 0.5) is 0 Å². The molecule has 0 aliphatic carbocycles. The van der Waals surface area contributed by atoms with E-state index < -0.39 is 0 Å². The largest absolute Gasteiger partial charge is 0.497 e. The summed E-state index contributed by atoms with van der Waals surface area (Å²) < 4.78 is 10.0. The first kappa shape index (κ1) is 11.9. The van der Waals surface area contributed by atoms with E-state index in [-0.39, 0.29) is 5.97 Å². The van der Waals surface area contributed by atoms with E-state index in [1.54, 1.807) is 37.9 Å². The molecule has 82 valence electrons. The first-order chi connectivity index (χ1) is 7.21. The second kappa shape index (κ2) is 5.66. The summed E-state index contributed by atoms with van der Waals surface area (Å²) in [6.45, 7) is 2.16. The SMILES string of the molecule is CCOC(=O)c1cc(OC)cc(SC)c1. The van der Waals surface area contributed by atoms with Crippen LogP contribution in [0.15, 0.2) is 23.1 Å². The van der Waals surface area contributed by atoms with E-state index in [2.05, 4.69) is 0 Å². The molecule has 0 bridgehead atoms. The normalized spacial score (nSPS) is 9.80. The lowest BCUT2D eigenvalue weighted by Gasteiger charge is -2.06. The summed E-state index contributed by atoms with van der Waals surface area (Å²) in [4.78, 5) is 12.5. The fraction of sp³-hybridized carbons (Fsp3) is 0.364. The Morgan fingerprint density at radius 2 is 2.13 bits per heavy atom. The van der Waals surface area contributed by atoms with Gasteiger partial charge in [0.25, 0.3) is 0 Å². The Morgan fingerprint density at radius 1 is 1.40 bits per heavy atom. The van der Waals surface area contributed by atoms with Crippen LogP contribution < -0.4 is 4.74 Å². The molecule has 0 unspecified atom stereocenters. The Labute approximate surface area is 93.8 Å². The predicted octanol–water partition coefficient (Wildman–Crippen LogP) is 2.59. The van der Waals surface area contributed by atoms with Crippen LogP contribution in [0.5, 0.6) is 5.75 Å². The lowest BCUT2D eigenvalue weighted by Crippen LogP contribution is -2.04. The summed E-state index contributed by atoms with van der Waals surface area (Å²) >= 11 is 1.56. The molecule has 0 N–H and O–H groups in total. The van der Waals surface area contributed by atoms with Crippen molar-refractivity contribution in [3.63, 3.8) is 0 Å². The van der Waals surface area contributed by atoms with Crippen molar-refractivity contribution in [2.75, 3.05) is 20.0 Å². The Balaban J connectivity index is 3.01. The Hall–Kier alpha value is -1.16. The van der Waals surface area contributed by atoms with E-state index in [0.29, 0.717) is 17.9 Å². The van der Waals surface area contributed by atoms with Crippen LogP contribution in [0.25, 0.3) is 0 Å². The minimum atomic E-state index is -0.313. The van der Waals surface area contributed by atoms with Crippen LogP contribution in [-0.4, -0.2) is 25.9 Å². The fourth-order valence-electron chi connectivity index (χ4n) is 1.14. The highest BCUT2D eigenvalue weighted by molar-refractivity contribution is 7.98. The second-order valence-electron chi connectivity index (χ2n) is 2.82. The minimum Gasteiger partial charge on any atom is -0.497 e. The topological polar surface area (TPSA) is 35.5 Å². The van der Waals surface area contributed by atoms with Gasteiger partial charge in [-0.3, -0.25) is 0 Å². The third-order valence-electron chi connectivity index (χ3n) is 1.86. The van der Waals surface area contributed by atoms with Gasteiger partial charge in [0.1, 0.15) is 5.75 Å². The monoisotopic (exact) mass is 226 g/mol. The Kier molecular flexibility index (Phi) is 4.49. The average Bonchev–Trinajstić information content (AvgIpc) is 2.28. The zero-order valence-electron chi connectivity index (χ0n) is 9.07. The van der Waals surface area contributed by atoms with E-state index in [9.17, 15) is 4.79 Å². The molecule has 0 saturated heterocycles. The number of ether oxygens (including phenoxy) is 2. The number of esters is 1. The smallest absolute Gasteiger partial charge is 0.338 e. The van der Waals surface area contributed by atoms with Crippen LogP contribution in [0, 0.1) is 0 Å². The molecular weight excluding hydrogens is 212 g/mol. The second-order valence-corrected chi connectivity index (χ2v) is 3.70. The Morgan fingerprint density at radius 3 is 2.67 bits per heavy atom. The van der Waals surface area contributed by atoms with Crippen molar-refractivity contribution in [2.45, 2.75) is 11.8 Å². The molecule has 3 nitrogen and oxygen atoms in total. The zero-order chi connectivity index (χ0) is 11.3. The number of methoxy groups -OCH3 is 1. The Bertz CT molecular complexity index is 327. The molecule has 0 aromatic heterocycles. The highest BCUT2D eigenvalue weighted by atomic mass is 32.2. The quantitative estimate of drug-likeness (QED) is 0.584. The molecule has 1 rings (SSSR count).